The van der Waals surface area contributed by atoms with E-state index in [1.165, 1.54) is 11.3 Å². The molecule has 1 aromatic heterocycles. The van der Waals surface area contributed by atoms with Gasteiger partial charge in [0.1, 0.15) is 10.6 Å². The molecule has 5 heteroatoms. The highest BCUT2D eigenvalue weighted by Gasteiger charge is 2.20. The van der Waals surface area contributed by atoms with Gasteiger partial charge in [-0.1, -0.05) is 13.8 Å². The summed E-state index contributed by atoms with van der Waals surface area (Å²) in [7, 11) is 3.44. The van der Waals surface area contributed by atoms with Gasteiger partial charge in [0.2, 0.25) is 0 Å². The topological polar surface area (TPSA) is 55.6 Å². The number of nitrogens with two attached hydrogens (primary N) is 1. The molecule has 2 rings (SSSR count). The lowest BCUT2D eigenvalue weighted by atomic mass is 10.2. The standard InChI is InChI=1S/C15H20N2O2S/c1-9(2)8-17(3)15(18)14-13(16)11-6-5-10(19-4)7-12(11)20-14/h5-7,9H,8,16H2,1-4H3. The number of carbonyl (C=O) groups is 1. The number of rotatable bonds is 4. The lowest BCUT2D eigenvalue weighted by Crippen LogP contribution is -2.30. The van der Waals surface area contributed by atoms with E-state index < -0.39 is 0 Å². The van der Waals surface area contributed by atoms with Crippen molar-refractivity contribution in [2.24, 2.45) is 5.92 Å². The maximum absolute atomic E-state index is 12.5. The zero-order valence-electron chi connectivity index (χ0n) is 12.3. The van der Waals surface area contributed by atoms with Gasteiger partial charge in [-0.05, 0) is 24.1 Å². The first kappa shape index (κ1) is 14.7. The van der Waals surface area contributed by atoms with Gasteiger partial charge in [0.15, 0.2) is 0 Å². The van der Waals surface area contributed by atoms with Crippen LogP contribution < -0.4 is 10.5 Å². The Balaban J connectivity index is 2.39. The summed E-state index contributed by atoms with van der Waals surface area (Å²) < 4.78 is 6.18. The van der Waals surface area contributed by atoms with Crippen LogP contribution in [0.1, 0.15) is 23.5 Å². The number of thiophene rings is 1. The minimum absolute atomic E-state index is 0.0173. The second kappa shape index (κ2) is 5.71. The minimum Gasteiger partial charge on any atom is -0.497 e. The highest BCUT2D eigenvalue weighted by molar-refractivity contribution is 7.21. The molecule has 0 fully saturated rings. The lowest BCUT2D eigenvalue weighted by Gasteiger charge is -2.18. The summed E-state index contributed by atoms with van der Waals surface area (Å²) in [5, 5.41) is 0.914. The van der Waals surface area contributed by atoms with E-state index in [4.69, 9.17) is 10.5 Å². The molecule has 0 aliphatic heterocycles. The molecule has 20 heavy (non-hydrogen) atoms. The monoisotopic (exact) mass is 292 g/mol. The molecule has 0 unspecified atom stereocenters. The first-order valence-electron chi connectivity index (χ1n) is 6.55. The van der Waals surface area contributed by atoms with Crippen LogP contribution in [0.3, 0.4) is 0 Å². The minimum atomic E-state index is -0.0173. The average molecular weight is 292 g/mol. The molecule has 0 spiro atoms. The molecule has 0 atom stereocenters. The summed E-state index contributed by atoms with van der Waals surface area (Å²) in [5.41, 5.74) is 6.69. The molecule has 108 valence electrons. The molecule has 4 nitrogen and oxygen atoms in total. The van der Waals surface area contributed by atoms with E-state index in [1.54, 1.807) is 12.0 Å². The van der Waals surface area contributed by atoms with Gasteiger partial charge >= 0.3 is 0 Å². The van der Waals surface area contributed by atoms with Gasteiger partial charge < -0.3 is 15.4 Å². The zero-order valence-corrected chi connectivity index (χ0v) is 13.1. The maximum Gasteiger partial charge on any atom is 0.265 e. The number of fused-ring (bicyclic) bond motifs is 1. The molecule has 0 aliphatic carbocycles. The largest absolute Gasteiger partial charge is 0.497 e. The third-order valence-electron chi connectivity index (χ3n) is 3.12. The Labute approximate surface area is 123 Å². The van der Waals surface area contributed by atoms with Gasteiger partial charge in [-0.25, -0.2) is 0 Å². The van der Waals surface area contributed by atoms with E-state index in [-0.39, 0.29) is 5.91 Å². The predicted molar refractivity (Wildman–Crippen MR) is 84.6 cm³/mol. The number of amides is 1. The molecular formula is C15H20N2O2S. The Morgan fingerprint density at radius 3 is 2.75 bits per heavy atom. The third-order valence-corrected chi connectivity index (χ3v) is 4.27. The molecule has 2 N–H and O–H groups in total. The Kier molecular flexibility index (Phi) is 4.18. The zero-order chi connectivity index (χ0) is 14.9. The van der Waals surface area contributed by atoms with E-state index in [2.05, 4.69) is 13.8 Å². The summed E-state index contributed by atoms with van der Waals surface area (Å²) in [6.07, 6.45) is 0. The van der Waals surface area contributed by atoms with Crippen molar-refractivity contribution in [2.45, 2.75) is 13.8 Å². The predicted octanol–water partition coefficient (Wildman–Crippen LogP) is 3.22. The normalized spacial score (nSPS) is 11.1. The number of ether oxygens (including phenoxy) is 1. The molecule has 1 heterocycles. The summed E-state index contributed by atoms with van der Waals surface area (Å²) in [6, 6.07) is 5.67. The van der Waals surface area contributed by atoms with E-state index in [9.17, 15) is 4.79 Å². The second-order valence-electron chi connectivity index (χ2n) is 5.29. The quantitative estimate of drug-likeness (QED) is 0.941. The van der Waals surface area contributed by atoms with Gasteiger partial charge in [-0.15, -0.1) is 11.3 Å². The van der Waals surface area contributed by atoms with Crippen LogP contribution in [0.2, 0.25) is 0 Å². The molecule has 0 saturated carbocycles. The van der Waals surface area contributed by atoms with Crippen molar-refractivity contribution in [3.63, 3.8) is 0 Å². The summed E-state index contributed by atoms with van der Waals surface area (Å²) in [5.74, 6) is 1.18. The van der Waals surface area contributed by atoms with E-state index in [0.29, 0.717) is 16.5 Å². The fourth-order valence-electron chi connectivity index (χ4n) is 2.19. The summed E-state index contributed by atoms with van der Waals surface area (Å²) in [4.78, 5) is 14.8. The summed E-state index contributed by atoms with van der Waals surface area (Å²) in [6.45, 7) is 4.89. The fraction of sp³-hybridized carbons (Fsp3) is 0.400. The van der Waals surface area contributed by atoms with E-state index >= 15 is 0 Å². The van der Waals surface area contributed by atoms with Crippen LogP contribution in [0.25, 0.3) is 10.1 Å². The Hall–Kier alpha value is -1.75. The van der Waals surface area contributed by atoms with Crippen molar-refractivity contribution in [1.29, 1.82) is 0 Å². The van der Waals surface area contributed by atoms with Crippen molar-refractivity contribution >= 4 is 33.0 Å². The van der Waals surface area contributed by atoms with E-state index in [0.717, 1.165) is 22.4 Å². The molecule has 0 saturated heterocycles. The number of nitrogen functional groups attached to an aromatic ring is 1. The van der Waals surface area contributed by atoms with Crippen LogP contribution >= 0.6 is 11.3 Å². The van der Waals surface area contributed by atoms with Crippen LogP contribution in [-0.2, 0) is 0 Å². The number of hydrogen-bond acceptors (Lipinski definition) is 4. The molecular weight excluding hydrogens is 272 g/mol. The first-order chi connectivity index (χ1) is 9.43. The first-order valence-corrected chi connectivity index (χ1v) is 7.37. The Morgan fingerprint density at radius 2 is 2.15 bits per heavy atom. The number of carbonyl (C=O) groups excluding carboxylic acids is 1. The van der Waals surface area contributed by atoms with Crippen LogP contribution in [-0.4, -0.2) is 31.5 Å². The molecule has 0 radical (unpaired) electrons. The Morgan fingerprint density at radius 1 is 1.45 bits per heavy atom. The fourth-order valence-corrected chi connectivity index (χ4v) is 3.33. The lowest BCUT2D eigenvalue weighted by molar-refractivity contribution is 0.0785. The van der Waals surface area contributed by atoms with Crippen molar-refractivity contribution in [3.05, 3.63) is 23.1 Å². The van der Waals surface area contributed by atoms with Gasteiger partial charge in [-0.2, -0.15) is 0 Å². The SMILES string of the molecule is COc1ccc2c(N)c(C(=O)N(C)CC(C)C)sc2c1. The highest BCUT2D eigenvalue weighted by atomic mass is 32.1. The van der Waals surface area contributed by atoms with Crippen LogP contribution in [0.4, 0.5) is 5.69 Å². The Bertz CT molecular complexity index is 634. The van der Waals surface area contributed by atoms with Gasteiger partial charge in [0, 0.05) is 23.7 Å². The third kappa shape index (κ3) is 2.72. The van der Waals surface area contributed by atoms with Gasteiger partial charge in [0.05, 0.1) is 12.8 Å². The molecule has 1 amide bonds. The maximum atomic E-state index is 12.5. The molecule has 1 aromatic carbocycles. The smallest absolute Gasteiger partial charge is 0.265 e. The second-order valence-corrected chi connectivity index (χ2v) is 6.34. The highest BCUT2D eigenvalue weighted by Crippen LogP contribution is 2.36. The van der Waals surface area contributed by atoms with Crippen molar-refractivity contribution < 1.29 is 9.53 Å². The number of nitrogens with zero attached hydrogens (tertiary/aromatic N) is 1. The van der Waals surface area contributed by atoms with Gasteiger partial charge in [0.25, 0.3) is 5.91 Å². The number of anilines is 1. The number of methoxy groups -OCH3 is 1. The van der Waals surface area contributed by atoms with Crippen LogP contribution in [0.15, 0.2) is 18.2 Å². The molecule has 0 aliphatic rings. The van der Waals surface area contributed by atoms with Crippen LogP contribution in [0, 0.1) is 5.92 Å². The summed E-state index contributed by atoms with van der Waals surface area (Å²) >= 11 is 1.42. The van der Waals surface area contributed by atoms with Crippen LogP contribution in [0.5, 0.6) is 5.75 Å². The van der Waals surface area contributed by atoms with Crippen molar-refractivity contribution in [1.82, 2.24) is 4.90 Å². The van der Waals surface area contributed by atoms with E-state index in [1.807, 2.05) is 25.2 Å². The number of benzene rings is 1. The number of hydrogen-bond donors (Lipinski definition) is 1. The average Bonchev–Trinajstić information content (AvgIpc) is 2.73. The molecule has 2 aromatic rings. The van der Waals surface area contributed by atoms with Crippen molar-refractivity contribution in [2.75, 3.05) is 26.4 Å². The van der Waals surface area contributed by atoms with Gasteiger partial charge in [-0.3, -0.25) is 4.79 Å². The molecule has 0 bridgehead atoms. The van der Waals surface area contributed by atoms with Crippen molar-refractivity contribution in [3.8, 4) is 5.75 Å².